The molecule has 210 valence electrons. The van der Waals surface area contributed by atoms with Crippen LogP contribution in [0.2, 0.25) is 5.02 Å². The first-order valence-corrected chi connectivity index (χ1v) is 14.2. The van der Waals surface area contributed by atoms with Gasteiger partial charge in [0.2, 0.25) is 10.0 Å². The lowest BCUT2D eigenvalue weighted by Gasteiger charge is -2.25. The van der Waals surface area contributed by atoms with E-state index >= 15 is 0 Å². The summed E-state index contributed by atoms with van der Waals surface area (Å²) in [6.45, 7) is 2.00. The fourth-order valence-corrected chi connectivity index (χ4v) is 6.47. The van der Waals surface area contributed by atoms with Gasteiger partial charge in [0.1, 0.15) is 12.4 Å². The molecular weight excluding hydrogens is 564 g/mol. The Morgan fingerprint density at radius 3 is 2.62 bits per heavy atom. The highest BCUT2D eigenvalue weighted by Gasteiger charge is 2.37. The van der Waals surface area contributed by atoms with Crippen LogP contribution in [0.4, 0.5) is 17.6 Å². The first-order valence-electron chi connectivity index (χ1n) is 12.3. The van der Waals surface area contributed by atoms with Gasteiger partial charge >= 0.3 is 6.36 Å². The number of benzene rings is 2. The molecule has 8 nitrogen and oxygen atoms in total. The highest BCUT2D eigenvalue weighted by Crippen LogP contribution is 2.36. The zero-order chi connectivity index (χ0) is 28.1. The van der Waals surface area contributed by atoms with Crippen LogP contribution in [0.3, 0.4) is 0 Å². The van der Waals surface area contributed by atoms with Crippen molar-refractivity contribution in [3.8, 4) is 5.75 Å². The van der Waals surface area contributed by atoms with Crippen LogP contribution >= 0.6 is 11.6 Å². The summed E-state index contributed by atoms with van der Waals surface area (Å²) in [5.41, 5.74) is 1.14. The maximum absolute atomic E-state index is 14.0. The average molecular weight is 589 g/mol. The second-order valence-corrected chi connectivity index (χ2v) is 12.2. The number of sulfonamides is 1. The van der Waals surface area contributed by atoms with Gasteiger partial charge in [0, 0.05) is 35.1 Å². The van der Waals surface area contributed by atoms with Crippen molar-refractivity contribution in [3.05, 3.63) is 58.2 Å². The van der Waals surface area contributed by atoms with Gasteiger partial charge in [-0.25, -0.2) is 17.5 Å². The maximum atomic E-state index is 14.0. The minimum atomic E-state index is -4.84. The van der Waals surface area contributed by atoms with E-state index in [0.29, 0.717) is 48.8 Å². The number of fused-ring (bicyclic) bond motifs is 1. The number of carbonyl (C=O) groups excluding carboxylic acids is 1. The molecule has 14 heteroatoms. The summed E-state index contributed by atoms with van der Waals surface area (Å²) >= 11 is 6.05. The number of halogens is 5. The topological polar surface area (TPSA) is 93.5 Å². The zero-order valence-corrected chi connectivity index (χ0v) is 22.3. The number of hydrogen-bond acceptors (Lipinski definition) is 6. The molecule has 2 aromatic carbocycles. The van der Waals surface area contributed by atoms with E-state index in [1.165, 1.54) is 24.4 Å². The zero-order valence-electron chi connectivity index (χ0n) is 20.7. The number of aromatic nitrogens is 2. The van der Waals surface area contributed by atoms with E-state index < -0.39 is 40.0 Å². The van der Waals surface area contributed by atoms with Crippen LogP contribution in [-0.4, -0.2) is 53.7 Å². The highest BCUT2D eigenvalue weighted by atomic mass is 35.5. The molecular formula is C25H25ClF4N4O4S. The van der Waals surface area contributed by atoms with Crippen LogP contribution in [0.25, 0.3) is 10.9 Å². The monoisotopic (exact) mass is 588 g/mol. The Balaban J connectivity index is 1.35. The summed E-state index contributed by atoms with van der Waals surface area (Å²) in [5.74, 6) is -1.27. The second kappa shape index (κ2) is 10.3. The van der Waals surface area contributed by atoms with Crippen LogP contribution in [0, 0.1) is 0 Å². The van der Waals surface area contributed by atoms with Gasteiger partial charge in [-0.2, -0.15) is 5.10 Å². The number of hydrogen-bond donors (Lipinski definition) is 1. The third-order valence-corrected chi connectivity index (χ3v) is 9.14. The van der Waals surface area contributed by atoms with Crippen molar-refractivity contribution in [2.75, 3.05) is 13.1 Å². The molecule has 3 aromatic rings. The second-order valence-electron chi connectivity index (χ2n) is 9.85. The molecule has 39 heavy (non-hydrogen) atoms. The molecule has 0 radical (unpaired) electrons. The van der Waals surface area contributed by atoms with E-state index in [0.717, 1.165) is 6.07 Å². The number of nitrogens with zero attached hydrogens (tertiary/aromatic N) is 3. The summed E-state index contributed by atoms with van der Waals surface area (Å²) in [4.78, 5) is 14.8. The Hall–Kier alpha value is -2.90. The Morgan fingerprint density at radius 1 is 1.21 bits per heavy atom. The SMILES string of the molecule is C[C@H](c1cc(Cl)cc(OC(F)(F)F)c1)N1CC[C@@H](n2ncc3cc(C(=O)NS(=O)(=O)C4CC4)c(CF)cc32)C1. The van der Waals surface area contributed by atoms with Gasteiger partial charge in [-0.3, -0.25) is 14.4 Å². The molecule has 1 saturated carbocycles. The molecule has 0 bridgehead atoms. The quantitative estimate of drug-likeness (QED) is 0.360. The molecule has 5 rings (SSSR count). The highest BCUT2D eigenvalue weighted by molar-refractivity contribution is 7.91. The van der Waals surface area contributed by atoms with Gasteiger partial charge in [-0.1, -0.05) is 11.6 Å². The van der Waals surface area contributed by atoms with Crippen molar-refractivity contribution in [2.45, 2.75) is 56.6 Å². The standard InChI is InChI=1S/C25H25ClF4N4O4S/c1-14(15-6-18(26)10-20(7-15)38-25(28,29)30)33-5-4-19(13-33)34-23-9-16(11-27)22(8-17(23)12-31-34)24(35)32-39(36,37)21-2-3-21/h6-10,12,14,19,21H,2-5,11,13H2,1H3,(H,32,35)/t14-,19-/m1/s1. The molecule has 1 N–H and O–H groups in total. The Kier molecular flexibility index (Phi) is 7.27. The van der Waals surface area contributed by atoms with Crippen molar-refractivity contribution >= 4 is 38.4 Å². The van der Waals surface area contributed by atoms with Crippen molar-refractivity contribution in [1.82, 2.24) is 19.4 Å². The Bertz CT molecular complexity index is 1520. The number of nitrogens with one attached hydrogen (secondary N) is 1. The molecule has 2 heterocycles. The van der Waals surface area contributed by atoms with Gasteiger partial charge in [0.25, 0.3) is 5.91 Å². The van der Waals surface area contributed by atoms with E-state index in [1.54, 1.807) is 10.7 Å². The van der Waals surface area contributed by atoms with Gasteiger partial charge in [-0.05, 0) is 67.6 Å². The maximum Gasteiger partial charge on any atom is 0.573 e. The lowest BCUT2D eigenvalue weighted by atomic mass is 10.0. The number of rotatable bonds is 8. The van der Waals surface area contributed by atoms with Gasteiger partial charge in [0.05, 0.1) is 23.0 Å². The van der Waals surface area contributed by atoms with E-state index in [2.05, 4.69) is 14.7 Å². The first-order chi connectivity index (χ1) is 18.3. The van der Waals surface area contributed by atoms with Gasteiger partial charge in [0.15, 0.2) is 0 Å². The minimum absolute atomic E-state index is 0.0482. The van der Waals surface area contributed by atoms with Crippen molar-refractivity contribution in [3.63, 3.8) is 0 Å². The molecule has 2 aliphatic rings. The smallest absolute Gasteiger partial charge is 0.406 e. The molecule has 2 fully saturated rings. The lowest BCUT2D eigenvalue weighted by Crippen LogP contribution is -2.33. The summed E-state index contributed by atoms with van der Waals surface area (Å²) in [5, 5.41) is 4.53. The predicted molar refractivity (Wildman–Crippen MR) is 136 cm³/mol. The van der Waals surface area contributed by atoms with Crippen LogP contribution < -0.4 is 9.46 Å². The molecule has 2 atom stereocenters. The number of amides is 1. The van der Waals surface area contributed by atoms with Gasteiger partial charge in [-0.15, -0.1) is 13.2 Å². The fraction of sp³-hybridized carbons (Fsp3) is 0.440. The van der Waals surface area contributed by atoms with E-state index in [4.69, 9.17) is 11.6 Å². The fourth-order valence-electron chi connectivity index (χ4n) is 4.94. The number of likely N-dealkylation sites (tertiary alicyclic amines) is 1. The van der Waals surface area contributed by atoms with E-state index in [9.17, 15) is 30.8 Å². The Morgan fingerprint density at radius 2 is 1.95 bits per heavy atom. The predicted octanol–water partition coefficient (Wildman–Crippen LogP) is 5.29. The van der Waals surface area contributed by atoms with Crippen molar-refractivity contribution < 1.29 is 35.5 Å². The minimum Gasteiger partial charge on any atom is -0.406 e. The Labute approximate surface area is 226 Å². The van der Waals surface area contributed by atoms with Crippen LogP contribution in [0.5, 0.6) is 5.75 Å². The number of carbonyl (C=O) groups is 1. The van der Waals surface area contributed by atoms with Crippen LogP contribution in [-0.2, 0) is 16.7 Å². The molecule has 1 aliphatic carbocycles. The summed E-state index contributed by atoms with van der Waals surface area (Å²) in [6, 6.07) is 6.54. The molecule has 1 amide bonds. The number of ether oxygens (including phenoxy) is 1. The third-order valence-electron chi connectivity index (χ3n) is 7.11. The average Bonchev–Trinajstić information content (AvgIpc) is 3.48. The number of alkyl halides is 4. The molecule has 1 aliphatic heterocycles. The van der Waals surface area contributed by atoms with Crippen LogP contribution in [0.1, 0.15) is 59.8 Å². The molecule has 1 aromatic heterocycles. The molecule has 1 saturated heterocycles. The lowest BCUT2D eigenvalue weighted by molar-refractivity contribution is -0.274. The normalized spacial score (nSPS) is 19.4. The van der Waals surface area contributed by atoms with Crippen molar-refractivity contribution in [1.29, 1.82) is 0 Å². The largest absolute Gasteiger partial charge is 0.573 e. The van der Waals surface area contributed by atoms with Crippen molar-refractivity contribution in [2.24, 2.45) is 0 Å². The van der Waals surface area contributed by atoms with E-state index in [-0.39, 0.29) is 28.2 Å². The van der Waals surface area contributed by atoms with Crippen LogP contribution in [0.15, 0.2) is 36.5 Å². The summed E-state index contributed by atoms with van der Waals surface area (Å²) in [7, 11) is -3.79. The molecule has 0 unspecified atom stereocenters. The first kappa shape index (κ1) is 27.7. The summed E-state index contributed by atoms with van der Waals surface area (Å²) in [6.07, 6.45) is -1.66. The van der Waals surface area contributed by atoms with Gasteiger partial charge < -0.3 is 4.74 Å². The van der Waals surface area contributed by atoms with E-state index in [1.807, 2.05) is 11.6 Å². The third kappa shape index (κ3) is 5.99. The molecule has 0 spiro atoms. The summed E-state index contributed by atoms with van der Waals surface area (Å²) < 4.78 is 84.3.